The molecule has 1 atom stereocenters. The van der Waals surface area contributed by atoms with Crippen molar-refractivity contribution < 1.29 is 23.9 Å². The van der Waals surface area contributed by atoms with Crippen LogP contribution in [-0.2, 0) is 14.3 Å². The Kier molecular flexibility index (Phi) is 7.96. The Labute approximate surface area is 207 Å². The van der Waals surface area contributed by atoms with Crippen LogP contribution in [0.15, 0.2) is 27.8 Å². The van der Waals surface area contributed by atoms with Gasteiger partial charge in [-0.2, -0.15) is 5.10 Å². The number of benzene rings is 1. The van der Waals surface area contributed by atoms with Crippen molar-refractivity contribution in [2.75, 3.05) is 21.1 Å². The molecular weight excluding hydrogens is 506 g/mol. The van der Waals surface area contributed by atoms with E-state index in [0.29, 0.717) is 36.1 Å². The van der Waals surface area contributed by atoms with Crippen molar-refractivity contribution in [2.45, 2.75) is 50.7 Å². The maximum absolute atomic E-state index is 12.5. The minimum Gasteiger partial charge on any atom is -0.435 e. The quantitative estimate of drug-likeness (QED) is 0.497. The molecule has 1 fully saturated rings. The summed E-state index contributed by atoms with van der Waals surface area (Å²) in [6.07, 6.45) is 2.70. The van der Waals surface area contributed by atoms with Crippen molar-refractivity contribution in [1.82, 2.24) is 21.0 Å². The Balaban J connectivity index is 1.77. The van der Waals surface area contributed by atoms with E-state index < -0.39 is 23.5 Å². The summed E-state index contributed by atoms with van der Waals surface area (Å²) in [5.74, 6) is -1.18. The SMILES string of the molecule is CNC(=O)C(=O)N[C@@H](C)CC1CCC2(CC1)OC(=O)NN=C2c1cc(C(=O)N(C)C)ccc1Br. The van der Waals surface area contributed by atoms with E-state index in [1.807, 2.05) is 6.92 Å². The first-order chi connectivity index (χ1) is 16.1. The molecule has 4 amide bonds. The molecule has 1 aromatic carbocycles. The van der Waals surface area contributed by atoms with Gasteiger partial charge in [0.1, 0.15) is 5.71 Å². The molecule has 1 aliphatic carbocycles. The number of carbonyl (C=O) groups excluding carboxylic acids is 4. The van der Waals surface area contributed by atoms with Crippen LogP contribution < -0.4 is 16.1 Å². The monoisotopic (exact) mass is 535 g/mol. The number of hydrazone groups is 1. The van der Waals surface area contributed by atoms with Crippen LogP contribution in [0.4, 0.5) is 4.79 Å². The van der Waals surface area contributed by atoms with Gasteiger partial charge in [0.15, 0.2) is 5.60 Å². The van der Waals surface area contributed by atoms with E-state index in [1.165, 1.54) is 11.9 Å². The average Bonchev–Trinajstić information content (AvgIpc) is 2.80. The highest BCUT2D eigenvalue weighted by molar-refractivity contribution is 9.10. The van der Waals surface area contributed by atoms with E-state index in [-0.39, 0.29) is 17.9 Å². The lowest BCUT2D eigenvalue weighted by molar-refractivity contribution is -0.139. The highest BCUT2D eigenvalue weighted by Crippen LogP contribution is 2.41. The number of rotatable bonds is 5. The van der Waals surface area contributed by atoms with Crippen molar-refractivity contribution in [3.05, 3.63) is 33.8 Å². The van der Waals surface area contributed by atoms with E-state index in [4.69, 9.17) is 4.74 Å². The molecule has 0 unspecified atom stereocenters. The van der Waals surface area contributed by atoms with Gasteiger partial charge in [0, 0.05) is 42.8 Å². The zero-order chi connectivity index (χ0) is 25.0. The second-order valence-electron chi connectivity index (χ2n) is 8.98. The van der Waals surface area contributed by atoms with Crippen molar-refractivity contribution >= 4 is 45.5 Å². The second-order valence-corrected chi connectivity index (χ2v) is 9.84. The average molecular weight is 536 g/mol. The third kappa shape index (κ3) is 5.57. The molecular formula is C23H30BrN5O5. The summed E-state index contributed by atoms with van der Waals surface area (Å²) in [7, 11) is 4.79. The Morgan fingerprint density at radius 2 is 1.94 bits per heavy atom. The van der Waals surface area contributed by atoms with E-state index in [0.717, 1.165) is 17.3 Å². The summed E-state index contributed by atoms with van der Waals surface area (Å²) in [5.41, 5.74) is 3.27. The van der Waals surface area contributed by atoms with Crippen LogP contribution in [0.2, 0.25) is 0 Å². The molecule has 3 rings (SSSR count). The fourth-order valence-electron chi connectivity index (χ4n) is 4.54. The van der Waals surface area contributed by atoms with Gasteiger partial charge in [-0.15, -0.1) is 0 Å². The summed E-state index contributed by atoms with van der Waals surface area (Å²) in [6.45, 7) is 1.87. The summed E-state index contributed by atoms with van der Waals surface area (Å²) in [6, 6.07) is 5.12. The van der Waals surface area contributed by atoms with Gasteiger partial charge in [-0.3, -0.25) is 14.4 Å². The maximum Gasteiger partial charge on any atom is 0.428 e. The minimum absolute atomic E-state index is 0.138. The van der Waals surface area contributed by atoms with Crippen LogP contribution in [-0.4, -0.2) is 67.2 Å². The van der Waals surface area contributed by atoms with Gasteiger partial charge < -0.3 is 20.3 Å². The topological polar surface area (TPSA) is 129 Å². The second kappa shape index (κ2) is 10.5. The third-order valence-electron chi connectivity index (χ3n) is 6.26. The Morgan fingerprint density at radius 1 is 1.26 bits per heavy atom. The van der Waals surface area contributed by atoms with Crippen LogP contribution >= 0.6 is 15.9 Å². The molecule has 2 aliphatic rings. The normalized spacial score (nSPS) is 22.7. The number of nitrogens with zero attached hydrogens (tertiary/aromatic N) is 2. The predicted octanol–water partition coefficient (Wildman–Crippen LogP) is 2.16. The lowest BCUT2D eigenvalue weighted by atomic mass is 9.72. The van der Waals surface area contributed by atoms with Crippen LogP contribution in [0.3, 0.4) is 0 Å². The standard InChI is InChI=1S/C23H30BrN5O5/c1-13(26-20(31)19(30)25-2)11-14-7-9-23(10-8-14)18(27-28-22(33)34-23)16-12-15(5-6-17(16)24)21(32)29(3)4/h5-6,12-14H,7-11H2,1-4H3,(H,25,30)(H,26,31)(H,28,33)/t13-,14?,23?/m0/s1. The summed E-state index contributed by atoms with van der Waals surface area (Å²) in [5, 5.41) is 9.38. The van der Waals surface area contributed by atoms with E-state index in [2.05, 4.69) is 37.1 Å². The van der Waals surface area contributed by atoms with Crippen LogP contribution in [0.1, 0.15) is 54.9 Å². The lowest BCUT2D eigenvalue weighted by Gasteiger charge is -2.42. The first-order valence-corrected chi connectivity index (χ1v) is 12.0. The molecule has 34 heavy (non-hydrogen) atoms. The van der Waals surface area contributed by atoms with E-state index in [9.17, 15) is 19.2 Å². The number of halogens is 1. The zero-order valence-electron chi connectivity index (χ0n) is 19.7. The first-order valence-electron chi connectivity index (χ1n) is 11.2. The van der Waals surface area contributed by atoms with Crippen molar-refractivity contribution in [1.29, 1.82) is 0 Å². The number of hydrogen-bond donors (Lipinski definition) is 3. The van der Waals surface area contributed by atoms with E-state index in [1.54, 1.807) is 32.3 Å². The van der Waals surface area contributed by atoms with Gasteiger partial charge in [-0.1, -0.05) is 15.9 Å². The van der Waals surface area contributed by atoms with Crippen molar-refractivity contribution in [3.63, 3.8) is 0 Å². The number of amides is 4. The first kappa shape index (κ1) is 25.7. The molecule has 11 heteroatoms. The Hall–Kier alpha value is -2.95. The molecule has 0 bridgehead atoms. The molecule has 184 valence electrons. The summed E-state index contributed by atoms with van der Waals surface area (Å²) < 4.78 is 6.57. The van der Waals surface area contributed by atoms with Crippen LogP contribution in [0.5, 0.6) is 0 Å². The summed E-state index contributed by atoms with van der Waals surface area (Å²) >= 11 is 3.56. The summed E-state index contributed by atoms with van der Waals surface area (Å²) in [4.78, 5) is 49.4. The molecule has 1 heterocycles. The smallest absolute Gasteiger partial charge is 0.428 e. The number of carbonyl (C=O) groups is 4. The van der Waals surface area contributed by atoms with Gasteiger partial charge >= 0.3 is 17.9 Å². The number of ether oxygens (including phenoxy) is 1. The van der Waals surface area contributed by atoms with Gasteiger partial charge in [-0.25, -0.2) is 10.2 Å². The Morgan fingerprint density at radius 3 is 2.56 bits per heavy atom. The van der Waals surface area contributed by atoms with Crippen molar-refractivity contribution in [3.8, 4) is 0 Å². The number of hydrogen-bond acceptors (Lipinski definition) is 6. The fraction of sp³-hybridized carbons (Fsp3) is 0.522. The highest BCUT2D eigenvalue weighted by atomic mass is 79.9. The predicted molar refractivity (Wildman–Crippen MR) is 129 cm³/mol. The van der Waals surface area contributed by atoms with Gasteiger partial charge in [0.25, 0.3) is 5.91 Å². The fourth-order valence-corrected chi connectivity index (χ4v) is 4.97. The maximum atomic E-state index is 12.5. The molecule has 1 saturated carbocycles. The molecule has 0 saturated heterocycles. The molecule has 10 nitrogen and oxygen atoms in total. The molecule has 0 aromatic heterocycles. The molecule has 1 aliphatic heterocycles. The van der Waals surface area contributed by atoms with Crippen LogP contribution in [0, 0.1) is 5.92 Å². The van der Waals surface area contributed by atoms with Crippen LogP contribution in [0.25, 0.3) is 0 Å². The largest absolute Gasteiger partial charge is 0.435 e. The minimum atomic E-state index is -0.907. The molecule has 3 N–H and O–H groups in total. The Bertz CT molecular complexity index is 1020. The molecule has 1 aromatic rings. The molecule has 0 radical (unpaired) electrons. The highest BCUT2D eigenvalue weighted by Gasteiger charge is 2.47. The zero-order valence-corrected chi connectivity index (χ0v) is 21.3. The molecule has 1 spiro atoms. The van der Waals surface area contributed by atoms with Gasteiger partial charge in [0.2, 0.25) is 0 Å². The number of likely N-dealkylation sites (N-methyl/N-ethyl adjacent to an activating group) is 1. The lowest BCUT2D eigenvalue weighted by Crippen LogP contribution is -2.52. The third-order valence-corrected chi connectivity index (χ3v) is 6.96. The van der Waals surface area contributed by atoms with Gasteiger partial charge in [-0.05, 0) is 63.1 Å². The number of nitrogens with one attached hydrogen (secondary N) is 3. The van der Waals surface area contributed by atoms with Crippen molar-refractivity contribution in [2.24, 2.45) is 11.0 Å². The van der Waals surface area contributed by atoms with E-state index >= 15 is 0 Å². The van der Waals surface area contributed by atoms with Gasteiger partial charge in [0.05, 0.1) is 0 Å².